The molecule has 0 radical (unpaired) electrons. The quantitative estimate of drug-likeness (QED) is 0.363. The Hall–Kier alpha value is -0.850. The SMILES string of the molecule is CC(C)=CC(=O)C[C@@H](C)[C@H]1CC[C@H]2[C@@H]3CCC4CCCC[C@]4(C)C3=CC[C@]12C. The summed E-state index contributed by atoms with van der Waals surface area (Å²) in [7, 11) is 0. The summed E-state index contributed by atoms with van der Waals surface area (Å²) in [5.41, 5.74) is 3.93. The van der Waals surface area contributed by atoms with Gasteiger partial charge in [-0.2, -0.15) is 0 Å². The predicted octanol–water partition coefficient (Wildman–Crippen LogP) is 7.52. The van der Waals surface area contributed by atoms with Crippen molar-refractivity contribution < 1.29 is 4.79 Å². The molecule has 0 spiro atoms. The van der Waals surface area contributed by atoms with Crippen LogP contribution in [0.4, 0.5) is 0 Å². The van der Waals surface area contributed by atoms with Crippen LogP contribution in [0.2, 0.25) is 0 Å². The summed E-state index contributed by atoms with van der Waals surface area (Å²) < 4.78 is 0. The number of fused-ring (bicyclic) bond motifs is 5. The number of carbonyl (C=O) groups is 1. The van der Waals surface area contributed by atoms with Gasteiger partial charge in [0.1, 0.15) is 0 Å². The molecular weight excluding hydrogens is 340 g/mol. The molecule has 0 aliphatic heterocycles. The topological polar surface area (TPSA) is 17.1 Å². The zero-order valence-corrected chi connectivity index (χ0v) is 19.0. The van der Waals surface area contributed by atoms with Gasteiger partial charge in [0.25, 0.3) is 0 Å². The highest BCUT2D eigenvalue weighted by Crippen LogP contribution is 2.66. The van der Waals surface area contributed by atoms with Gasteiger partial charge in [-0.25, -0.2) is 0 Å². The monoisotopic (exact) mass is 382 g/mol. The van der Waals surface area contributed by atoms with Crippen molar-refractivity contribution in [3.63, 3.8) is 0 Å². The minimum absolute atomic E-state index is 0.335. The van der Waals surface area contributed by atoms with E-state index in [4.69, 9.17) is 0 Å². The van der Waals surface area contributed by atoms with Crippen molar-refractivity contribution in [3.8, 4) is 0 Å². The van der Waals surface area contributed by atoms with Crippen LogP contribution in [0.5, 0.6) is 0 Å². The summed E-state index contributed by atoms with van der Waals surface area (Å²) in [5, 5.41) is 0. The van der Waals surface area contributed by atoms with E-state index in [0.717, 1.165) is 29.7 Å². The van der Waals surface area contributed by atoms with Crippen molar-refractivity contribution in [2.75, 3.05) is 0 Å². The highest BCUT2D eigenvalue weighted by atomic mass is 16.1. The van der Waals surface area contributed by atoms with Crippen molar-refractivity contribution in [1.82, 2.24) is 0 Å². The Labute approximate surface area is 173 Å². The highest BCUT2D eigenvalue weighted by molar-refractivity contribution is 5.90. The molecule has 4 aliphatic carbocycles. The predicted molar refractivity (Wildman–Crippen MR) is 118 cm³/mol. The van der Waals surface area contributed by atoms with E-state index in [2.05, 4.69) is 26.8 Å². The lowest BCUT2D eigenvalue weighted by atomic mass is 9.48. The minimum atomic E-state index is 0.335. The Morgan fingerprint density at radius 1 is 1.14 bits per heavy atom. The summed E-state index contributed by atoms with van der Waals surface area (Å²) in [6.45, 7) is 11.6. The van der Waals surface area contributed by atoms with Gasteiger partial charge in [0.05, 0.1) is 0 Å². The van der Waals surface area contributed by atoms with Crippen LogP contribution >= 0.6 is 0 Å². The standard InChI is InChI=1S/C27H42O/c1-18(2)16-21(28)17-19(3)23-11-12-24-22-10-9-20-8-6-7-14-26(20,4)25(22)13-15-27(23,24)5/h13,16,19-20,22-24H,6-12,14-15,17H2,1-5H3/t19-,20?,22+,23-,24+,26+,27-/m1/s1. The Morgan fingerprint density at radius 3 is 2.68 bits per heavy atom. The zero-order valence-electron chi connectivity index (χ0n) is 19.0. The largest absolute Gasteiger partial charge is 0.295 e. The third-order valence-electron chi connectivity index (χ3n) is 9.67. The lowest BCUT2D eigenvalue weighted by Crippen LogP contribution is -2.47. The molecule has 0 amide bonds. The number of hydrogen-bond donors (Lipinski definition) is 0. The Morgan fingerprint density at radius 2 is 1.93 bits per heavy atom. The molecule has 3 saturated carbocycles. The summed E-state index contributed by atoms with van der Waals surface area (Å²) in [6, 6.07) is 0. The second-order valence-electron chi connectivity index (χ2n) is 11.6. The molecule has 0 saturated heterocycles. The van der Waals surface area contributed by atoms with Crippen LogP contribution in [0.25, 0.3) is 0 Å². The first-order valence-corrected chi connectivity index (χ1v) is 12.1. The molecule has 156 valence electrons. The van der Waals surface area contributed by atoms with E-state index in [9.17, 15) is 4.79 Å². The third-order valence-corrected chi connectivity index (χ3v) is 9.67. The number of rotatable bonds is 4. The molecule has 0 aromatic heterocycles. The van der Waals surface area contributed by atoms with Crippen molar-refractivity contribution in [2.24, 2.45) is 40.4 Å². The Bertz CT molecular complexity index is 680. The van der Waals surface area contributed by atoms with Crippen molar-refractivity contribution in [3.05, 3.63) is 23.3 Å². The molecule has 0 bridgehead atoms. The maximum Gasteiger partial charge on any atom is 0.155 e. The van der Waals surface area contributed by atoms with Gasteiger partial charge in [-0.1, -0.05) is 50.8 Å². The number of ketones is 1. The summed E-state index contributed by atoms with van der Waals surface area (Å²) >= 11 is 0. The fraction of sp³-hybridized carbons (Fsp3) is 0.815. The molecule has 28 heavy (non-hydrogen) atoms. The van der Waals surface area contributed by atoms with Gasteiger partial charge in [0.2, 0.25) is 0 Å². The van der Waals surface area contributed by atoms with Crippen LogP contribution < -0.4 is 0 Å². The van der Waals surface area contributed by atoms with Gasteiger partial charge in [-0.05, 0) is 105 Å². The third kappa shape index (κ3) is 3.25. The zero-order chi connectivity index (χ0) is 20.1. The lowest BCUT2D eigenvalue weighted by Gasteiger charge is -2.56. The average molecular weight is 383 g/mol. The van der Waals surface area contributed by atoms with Gasteiger partial charge in [-0.3, -0.25) is 4.79 Å². The maximum atomic E-state index is 12.4. The fourth-order valence-electron chi connectivity index (χ4n) is 8.37. The number of allylic oxidation sites excluding steroid dienone is 4. The van der Waals surface area contributed by atoms with Gasteiger partial charge in [0.15, 0.2) is 5.78 Å². The molecule has 7 atom stereocenters. The van der Waals surface area contributed by atoms with E-state index >= 15 is 0 Å². The maximum absolute atomic E-state index is 12.4. The van der Waals surface area contributed by atoms with E-state index in [1.807, 2.05) is 25.5 Å². The molecule has 4 aliphatic rings. The minimum Gasteiger partial charge on any atom is -0.295 e. The van der Waals surface area contributed by atoms with Gasteiger partial charge >= 0.3 is 0 Å². The molecule has 3 fully saturated rings. The van der Waals surface area contributed by atoms with E-state index in [-0.39, 0.29) is 0 Å². The first-order valence-electron chi connectivity index (χ1n) is 12.1. The summed E-state index contributed by atoms with van der Waals surface area (Å²) in [4.78, 5) is 12.4. The molecule has 0 aromatic rings. The van der Waals surface area contributed by atoms with Crippen LogP contribution in [0, 0.1) is 40.4 Å². The molecule has 0 N–H and O–H groups in total. The van der Waals surface area contributed by atoms with Crippen LogP contribution in [-0.4, -0.2) is 5.78 Å². The molecule has 0 heterocycles. The Kier molecular flexibility index (Phi) is 5.43. The molecule has 1 nitrogen and oxygen atoms in total. The fourth-order valence-corrected chi connectivity index (χ4v) is 8.37. The van der Waals surface area contributed by atoms with Gasteiger partial charge in [-0.15, -0.1) is 0 Å². The molecule has 4 rings (SSSR count). The van der Waals surface area contributed by atoms with E-state index in [1.165, 1.54) is 57.8 Å². The van der Waals surface area contributed by atoms with Crippen LogP contribution in [0.3, 0.4) is 0 Å². The van der Waals surface area contributed by atoms with Crippen molar-refractivity contribution in [2.45, 2.75) is 98.8 Å². The molecule has 1 heteroatoms. The number of carbonyl (C=O) groups excluding carboxylic acids is 1. The van der Waals surface area contributed by atoms with Crippen LogP contribution in [0.1, 0.15) is 98.8 Å². The van der Waals surface area contributed by atoms with Crippen molar-refractivity contribution >= 4 is 5.78 Å². The molecule has 0 aromatic carbocycles. The van der Waals surface area contributed by atoms with Crippen LogP contribution in [0.15, 0.2) is 23.3 Å². The van der Waals surface area contributed by atoms with Crippen LogP contribution in [-0.2, 0) is 4.79 Å². The van der Waals surface area contributed by atoms with E-state index < -0.39 is 0 Å². The summed E-state index contributed by atoms with van der Waals surface area (Å²) in [6.07, 6.45) is 18.0. The van der Waals surface area contributed by atoms with Crippen molar-refractivity contribution in [1.29, 1.82) is 0 Å². The second kappa shape index (κ2) is 7.44. The van der Waals surface area contributed by atoms with Gasteiger partial charge in [0, 0.05) is 6.42 Å². The van der Waals surface area contributed by atoms with Gasteiger partial charge < -0.3 is 0 Å². The Balaban J connectivity index is 1.55. The molecular formula is C27H42O. The highest BCUT2D eigenvalue weighted by Gasteiger charge is 2.57. The average Bonchev–Trinajstić information content (AvgIpc) is 2.97. The number of hydrogen-bond acceptors (Lipinski definition) is 1. The molecule has 1 unspecified atom stereocenters. The lowest BCUT2D eigenvalue weighted by molar-refractivity contribution is -0.116. The van der Waals surface area contributed by atoms with E-state index in [0.29, 0.717) is 28.4 Å². The smallest absolute Gasteiger partial charge is 0.155 e. The first kappa shape index (κ1) is 20.4. The first-order chi connectivity index (χ1) is 13.3. The summed E-state index contributed by atoms with van der Waals surface area (Å²) in [5.74, 6) is 4.20. The second-order valence-corrected chi connectivity index (χ2v) is 11.6. The van der Waals surface area contributed by atoms with E-state index in [1.54, 1.807) is 0 Å². The normalized spacial score (nSPS) is 43.2.